The fraction of sp³-hybridized carbons (Fsp3) is 0.368. The highest BCUT2D eigenvalue weighted by Crippen LogP contribution is 2.43. The Hall–Kier alpha value is -2.81. The average molecular weight is 404 g/mol. The fourth-order valence-corrected chi connectivity index (χ4v) is 4.43. The van der Waals surface area contributed by atoms with Crippen molar-refractivity contribution in [2.75, 3.05) is 30.9 Å². The molecular weight excluding hydrogens is 384 g/mol. The third kappa shape index (κ3) is 3.37. The van der Waals surface area contributed by atoms with E-state index in [1.165, 1.54) is 12.1 Å². The van der Waals surface area contributed by atoms with E-state index in [-0.39, 0.29) is 16.6 Å². The lowest BCUT2D eigenvalue weighted by Gasteiger charge is -2.28. The summed E-state index contributed by atoms with van der Waals surface area (Å²) in [5.74, 6) is 1.38. The maximum Gasteiger partial charge on any atom is 0.293 e. The average Bonchev–Trinajstić information content (AvgIpc) is 3.16. The van der Waals surface area contributed by atoms with Gasteiger partial charge in [-0.25, -0.2) is 8.42 Å². The number of nitro groups is 1. The van der Waals surface area contributed by atoms with E-state index in [4.69, 9.17) is 9.47 Å². The van der Waals surface area contributed by atoms with Gasteiger partial charge in [-0.3, -0.25) is 10.1 Å². The Bertz CT molecular complexity index is 1040. The molecule has 0 bridgehead atoms. The van der Waals surface area contributed by atoms with Crippen LogP contribution in [0.15, 0.2) is 41.3 Å². The largest absolute Gasteiger partial charge is 0.486 e. The van der Waals surface area contributed by atoms with Crippen LogP contribution in [0.25, 0.3) is 0 Å². The molecule has 8 nitrogen and oxygen atoms in total. The molecule has 2 heterocycles. The number of anilines is 1. The predicted octanol–water partition coefficient (Wildman–Crippen LogP) is 3.11. The van der Waals surface area contributed by atoms with E-state index in [0.717, 1.165) is 30.7 Å². The second-order valence-electron chi connectivity index (χ2n) is 6.93. The Balaban J connectivity index is 1.73. The van der Waals surface area contributed by atoms with Crippen LogP contribution in [0.4, 0.5) is 11.4 Å². The van der Waals surface area contributed by atoms with Gasteiger partial charge in [0, 0.05) is 18.9 Å². The van der Waals surface area contributed by atoms with E-state index in [1.54, 1.807) is 0 Å². The summed E-state index contributed by atoms with van der Waals surface area (Å²) in [4.78, 5) is 13.0. The van der Waals surface area contributed by atoms with Crippen LogP contribution in [0.1, 0.15) is 24.4 Å². The van der Waals surface area contributed by atoms with Crippen molar-refractivity contribution in [3.8, 4) is 11.5 Å². The minimum absolute atomic E-state index is 0.0568. The molecule has 2 aliphatic rings. The summed E-state index contributed by atoms with van der Waals surface area (Å²) < 4.78 is 34.8. The SMILES string of the molecule is CS(=O)(=O)c1ccc(N2CCCC2c2ccc3c(c2)OCCO3)c([N+](=O)[O-])c1. The molecule has 4 rings (SSSR count). The molecule has 1 saturated heterocycles. The first-order valence-electron chi connectivity index (χ1n) is 8.99. The maximum atomic E-state index is 11.8. The molecule has 0 aromatic heterocycles. The zero-order chi connectivity index (χ0) is 19.9. The van der Waals surface area contributed by atoms with Crippen molar-refractivity contribution in [1.29, 1.82) is 0 Å². The molecule has 0 spiro atoms. The highest BCUT2D eigenvalue weighted by atomic mass is 32.2. The van der Waals surface area contributed by atoms with Crippen LogP contribution in [0.2, 0.25) is 0 Å². The standard InChI is InChI=1S/C19H20N2O6S/c1-28(24,25)14-5-6-16(17(12-14)21(22)23)20-8-2-3-15(20)13-4-7-18-19(11-13)27-10-9-26-18/h4-7,11-12,15H,2-3,8-10H2,1H3. The highest BCUT2D eigenvalue weighted by molar-refractivity contribution is 7.90. The summed E-state index contributed by atoms with van der Waals surface area (Å²) in [6, 6.07) is 9.78. The number of ether oxygens (including phenoxy) is 2. The molecule has 1 atom stereocenters. The van der Waals surface area contributed by atoms with Crippen molar-refractivity contribution in [3.05, 3.63) is 52.1 Å². The normalized spacial score (nSPS) is 18.9. The lowest BCUT2D eigenvalue weighted by molar-refractivity contribution is -0.384. The molecule has 1 fully saturated rings. The van der Waals surface area contributed by atoms with E-state index < -0.39 is 14.8 Å². The van der Waals surface area contributed by atoms with Crippen LogP contribution in [-0.2, 0) is 9.84 Å². The molecule has 0 radical (unpaired) electrons. The van der Waals surface area contributed by atoms with Crippen molar-refractivity contribution in [2.24, 2.45) is 0 Å². The first-order chi connectivity index (χ1) is 13.3. The smallest absolute Gasteiger partial charge is 0.293 e. The molecular formula is C19H20N2O6S. The summed E-state index contributed by atoms with van der Waals surface area (Å²) in [6.07, 6.45) is 2.76. The van der Waals surface area contributed by atoms with E-state index in [1.807, 2.05) is 23.1 Å². The molecule has 28 heavy (non-hydrogen) atoms. The quantitative estimate of drug-likeness (QED) is 0.570. The van der Waals surface area contributed by atoms with Gasteiger partial charge in [0.05, 0.1) is 15.9 Å². The molecule has 2 aromatic rings. The van der Waals surface area contributed by atoms with Crippen LogP contribution in [-0.4, -0.2) is 39.4 Å². The van der Waals surface area contributed by atoms with Crippen molar-refractivity contribution < 1.29 is 22.8 Å². The lowest BCUT2D eigenvalue weighted by Crippen LogP contribution is -2.24. The number of nitro benzene ring substituents is 1. The molecule has 0 amide bonds. The Morgan fingerprint density at radius 2 is 1.86 bits per heavy atom. The number of nitrogens with zero attached hydrogens (tertiary/aromatic N) is 2. The number of benzene rings is 2. The number of sulfone groups is 1. The Labute approximate surface area is 162 Å². The Kier molecular flexibility index (Phi) is 4.62. The topological polar surface area (TPSA) is 99.0 Å². The Morgan fingerprint density at radius 3 is 2.57 bits per heavy atom. The Morgan fingerprint density at radius 1 is 1.11 bits per heavy atom. The summed E-state index contributed by atoms with van der Waals surface area (Å²) in [6.45, 7) is 1.65. The van der Waals surface area contributed by atoms with Crippen LogP contribution >= 0.6 is 0 Å². The van der Waals surface area contributed by atoms with Crippen LogP contribution < -0.4 is 14.4 Å². The van der Waals surface area contributed by atoms with Gasteiger partial charge >= 0.3 is 0 Å². The first-order valence-corrected chi connectivity index (χ1v) is 10.9. The van der Waals surface area contributed by atoms with Gasteiger partial charge in [0.1, 0.15) is 18.9 Å². The minimum atomic E-state index is -3.53. The number of hydrogen-bond acceptors (Lipinski definition) is 7. The van der Waals surface area contributed by atoms with Crippen LogP contribution in [0.3, 0.4) is 0 Å². The van der Waals surface area contributed by atoms with Crippen LogP contribution in [0, 0.1) is 10.1 Å². The third-order valence-electron chi connectivity index (χ3n) is 5.08. The zero-order valence-corrected chi connectivity index (χ0v) is 16.1. The summed E-state index contributed by atoms with van der Waals surface area (Å²) in [5, 5.41) is 11.6. The minimum Gasteiger partial charge on any atom is -0.486 e. The molecule has 0 saturated carbocycles. The van der Waals surface area contributed by atoms with Gasteiger partial charge in [0.2, 0.25) is 0 Å². The van der Waals surface area contributed by atoms with E-state index >= 15 is 0 Å². The predicted molar refractivity (Wildman–Crippen MR) is 103 cm³/mol. The molecule has 0 aliphatic carbocycles. The van der Waals surface area contributed by atoms with E-state index in [0.29, 0.717) is 36.9 Å². The molecule has 1 unspecified atom stereocenters. The molecule has 2 aliphatic heterocycles. The van der Waals surface area contributed by atoms with Crippen LogP contribution in [0.5, 0.6) is 11.5 Å². The molecule has 0 N–H and O–H groups in total. The fourth-order valence-electron chi connectivity index (χ4n) is 3.79. The van der Waals surface area contributed by atoms with E-state index in [9.17, 15) is 18.5 Å². The van der Waals surface area contributed by atoms with E-state index in [2.05, 4.69) is 0 Å². The van der Waals surface area contributed by atoms with Gasteiger partial charge < -0.3 is 14.4 Å². The van der Waals surface area contributed by atoms with Crippen molar-refractivity contribution in [3.63, 3.8) is 0 Å². The van der Waals surface area contributed by atoms with Crippen molar-refractivity contribution in [1.82, 2.24) is 0 Å². The first kappa shape index (κ1) is 18.5. The van der Waals surface area contributed by atoms with Gasteiger partial charge in [-0.2, -0.15) is 0 Å². The van der Waals surface area contributed by atoms with Crippen molar-refractivity contribution in [2.45, 2.75) is 23.8 Å². The van der Waals surface area contributed by atoms with Gasteiger partial charge in [0.25, 0.3) is 5.69 Å². The van der Waals surface area contributed by atoms with Gasteiger partial charge in [-0.05, 0) is 42.7 Å². The summed E-state index contributed by atoms with van der Waals surface area (Å²) in [7, 11) is -3.53. The highest BCUT2D eigenvalue weighted by Gasteiger charge is 2.32. The summed E-state index contributed by atoms with van der Waals surface area (Å²) in [5.41, 5.74) is 1.21. The van der Waals surface area contributed by atoms with Gasteiger partial charge in [0.15, 0.2) is 21.3 Å². The molecule has 2 aromatic carbocycles. The zero-order valence-electron chi connectivity index (χ0n) is 15.3. The monoisotopic (exact) mass is 404 g/mol. The van der Waals surface area contributed by atoms with Gasteiger partial charge in [-0.15, -0.1) is 0 Å². The van der Waals surface area contributed by atoms with Gasteiger partial charge in [-0.1, -0.05) is 6.07 Å². The molecule has 148 valence electrons. The second kappa shape index (κ2) is 6.97. The maximum absolute atomic E-state index is 11.8. The number of fused-ring (bicyclic) bond motifs is 1. The van der Waals surface area contributed by atoms with Crippen molar-refractivity contribution >= 4 is 21.2 Å². The number of hydrogen-bond donors (Lipinski definition) is 0. The molecule has 9 heteroatoms. The second-order valence-corrected chi connectivity index (χ2v) is 8.95. The number of rotatable bonds is 4. The summed E-state index contributed by atoms with van der Waals surface area (Å²) >= 11 is 0. The third-order valence-corrected chi connectivity index (χ3v) is 6.20. The lowest BCUT2D eigenvalue weighted by atomic mass is 10.0.